The van der Waals surface area contributed by atoms with E-state index in [9.17, 15) is 9.59 Å². The summed E-state index contributed by atoms with van der Waals surface area (Å²) in [5, 5.41) is 0. The lowest BCUT2D eigenvalue weighted by molar-refractivity contribution is -0.144. The van der Waals surface area contributed by atoms with E-state index in [0.717, 1.165) is 12.8 Å². The lowest BCUT2D eigenvalue weighted by atomic mass is 9.94. The van der Waals surface area contributed by atoms with Crippen LogP contribution in [0.1, 0.15) is 47.0 Å². The molecule has 0 aromatic carbocycles. The fourth-order valence-corrected chi connectivity index (χ4v) is 2.10. The summed E-state index contributed by atoms with van der Waals surface area (Å²) in [5.41, 5.74) is -0.459. The second-order valence-corrected chi connectivity index (χ2v) is 5.92. The van der Waals surface area contributed by atoms with Gasteiger partial charge in [0, 0.05) is 19.5 Å². The highest BCUT2D eigenvalue weighted by molar-refractivity contribution is 5.85. The molecule has 0 bridgehead atoms. The Balaban J connectivity index is 0.00000361. The molecule has 1 saturated heterocycles. The van der Waals surface area contributed by atoms with Crippen molar-refractivity contribution in [1.82, 2.24) is 4.90 Å². The Hall–Kier alpha value is -0.970. The first-order chi connectivity index (χ1) is 8.81. The fourth-order valence-electron chi connectivity index (χ4n) is 2.10. The van der Waals surface area contributed by atoms with Crippen molar-refractivity contribution in [3.63, 3.8) is 0 Å². The Kier molecular flexibility index (Phi) is 7.94. The van der Waals surface area contributed by atoms with Crippen molar-refractivity contribution < 1.29 is 19.1 Å². The van der Waals surface area contributed by atoms with Crippen LogP contribution in [-0.2, 0) is 14.3 Å². The van der Waals surface area contributed by atoms with Gasteiger partial charge < -0.3 is 14.4 Å². The van der Waals surface area contributed by atoms with Crippen LogP contribution in [0.15, 0.2) is 0 Å². The minimum Gasteiger partial charge on any atom is -0.466 e. The molecule has 1 rings (SSSR count). The first-order valence-corrected chi connectivity index (χ1v) is 6.95. The average Bonchev–Trinajstić information content (AvgIpc) is 2.27. The van der Waals surface area contributed by atoms with Crippen molar-refractivity contribution in [3.8, 4) is 0 Å². The molecule has 1 fully saturated rings. The molecule has 0 aliphatic carbocycles. The van der Waals surface area contributed by atoms with Gasteiger partial charge in [0.25, 0.3) is 0 Å². The summed E-state index contributed by atoms with van der Waals surface area (Å²) in [7, 11) is 0. The van der Waals surface area contributed by atoms with E-state index in [1.165, 1.54) is 0 Å². The molecular formula is C14H26ClNO4. The van der Waals surface area contributed by atoms with Crippen LogP contribution in [0.5, 0.6) is 0 Å². The number of hydrogen-bond donors (Lipinski definition) is 0. The molecule has 0 radical (unpaired) electrons. The maximum absolute atomic E-state index is 11.9. The number of nitrogens with zero attached hydrogens (tertiary/aromatic N) is 1. The second-order valence-electron chi connectivity index (χ2n) is 5.92. The quantitative estimate of drug-likeness (QED) is 0.752. The van der Waals surface area contributed by atoms with Gasteiger partial charge in [0.15, 0.2) is 0 Å². The number of carbonyl (C=O) groups is 2. The highest BCUT2D eigenvalue weighted by Crippen LogP contribution is 2.22. The van der Waals surface area contributed by atoms with Crippen molar-refractivity contribution in [3.05, 3.63) is 0 Å². The number of esters is 1. The van der Waals surface area contributed by atoms with E-state index in [2.05, 4.69) is 0 Å². The molecule has 0 N–H and O–H groups in total. The minimum absolute atomic E-state index is 0. The molecule has 0 atom stereocenters. The molecular weight excluding hydrogens is 282 g/mol. The molecule has 0 spiro atoms. The van der Waals surface area contributed by atoms with Gasteiger partial charge in [-0.15, -0.1) is 12.4 Å². The van der Waals surface area contributed by atoms with Crippen LogP contribution in [0.25, 0.3) is 0 Å². The normalized spacial score (nSPS) is 16.3. The second kappa shape index (κ2) is 8.35. The van der Waals surface area contributed by atoms with Gasteiger partial charge in [0.05, 0.1) is 6.61 Å². The van der Waals surface area contributed by atoms with Crippen LogP contribution in [0.4, 0.5) is 4.79 Å². The smallest absolute Gasteiger partial charge is 0.410 e. The molecule has 118 valence electrons. The summed E-state index contributed by atoms with van der Waals surface area (Å²) < 4.78 is 10.3. The highest BCUT2D eigenvalue weighted by atomic mass is 35.5. The average molecular weight is 308 g/mol. The SMILES string of the molecule is CCOC(=O)CC1CCN(C(=O)OC(C)(C)C)CC1.Cl. The number of carbonyl (C=O) groups excluding carboxylic acids is 2. The van der Waals surface area contributed by atoms with E-state index < -0.39 is 5.60 Å². The van der Waals surface area contributed by atoms with Crippen LogP contribution in [0.2, 0.25) is 0 Å². The minimum atomic E-state index is -0.459. The van der Waals surface area contributed by atoms with Gasteiger partial charge in [0.1, 0.15) is 5.60 Å². The molecule has 0 aromatic heterocycles. The summed E-state index contributed by atoms with van der Waals surface area (Å²) in [4.78, 5) is 25.0. The zero-order valence-electron chi connectivity index (χ0n) is 12.8. The molecule has 20 heavy (non-hydrogen) atoms. The topological polar surface area (TPSA) is 55.8 Å². The van der Waals surface area contributed by atoms with Gasteiger partial charge in [-0.05, 0) is 46.5 Å². The Bertz CT molecular complexity index is 320. The van der Waals surface area contributed by atoms with Gasteiger partial charge >= 0.3 is 12.1 Å². The molecule has 1 aliphatic rings. The van der Waals surface area contributed by atoms with E-state index in [1.807, 2.05) is 27.7 Å². The third kappa shape index (κ3) is 6.98. The van der Waals surface area contributed by atoms with Crippen molar-refractivity contribution in [1.29, 1.82) is 0 Å². The molecule has 0 unspecified atom stereocenters. The zero-order chi connectivity index (χ0) is 14.5. The van der Waals surface area contributed by atoms with Gasteiger partial charge in [-0.25, -0.2) is 4.79 Å². The summed E-state index contributed by atoms with van der Waals surface area (Å²) in [6.45, 7) is 9.12. The summed E-state index contributed by atoms with van der Waals surface area (Å²) >= 11 is 0. The van der Waals surface area contributed by atoms with Crippen LogP contribution in [-0.4, -0.2) is 42.3 Å². The number of rotatable bonds is 3. The van der Waals surface area contributed by atoms with E-state index in [-0.39, 0.29) is 24.5 Å². The summed E-state index contributed by atoms with van der Waals surface area (Å²) in [6.07, 6.45) is 1.86. The molecule has 5 nitrogen and oxygen atoms in total. The first kappa shape index (κ1) is 19.0. The molecule has 1 heterocycles. The lowest BCUT2D eigenvalue weighted by Crippen LogP contribution is -2.42. The van der Waals surface area contributed by atoms with Crippen LogP contribution in [0.3, 0.4) is 0 Å². The maximum atomic E-state index is 11.9. The van der Waals surface area contributed by atoms with Crippen molar-refractivity contribution in [2.75, 3.05) is 19.7 Å². The third-order valence-corrected chi connectivity index (χ3v) is 3.03. The standard InChI is InChI=1S/C14H25NO4.ClH/c1-5-18-12(16)10-11-6-8-15(9-7-11)13(17)19-14(2,3)4;/h11H,5-10H2,1-4H3;1H. The number of halogens is 1. The largest absolute Gasteiger partial charge is 0.466 e. The van der Waals surface area contributed by atoms with Crippen molar-refractivity contribution in [2.45, 2.75) is 52.6 Å². The van der Waals surface area contributed by atoms with Crippen molar-refractivity contribution in [2.24, 2.45) is 5.92 Å². The van der Waals surface area contributed by atoms with E-state index in [0.29, 0.717) is 32.0 Å². The molecule has 0 saturated carbocycles. The van der Waals surface area contributed by atoms with Crippen molar-refractivity contribution >= 4 is 24.5 Å². The Morgan fingerprint density at radius 1 is 1.20 bits per heavy atom. The van der Waals surface area contributed by atoms with Crippen LogP contribution < -0.4 is 0 Å². The van der Waals surface area contributed by atoms with Gasteiger partial charge in [-0.3, -0.25) is 4.79 Å². The van der Waals surface area contributed by atoms with E-state index in [1.54, 1.807) is 4.90 Å². The Labute approximate surface area is 127 Å². The van der Waals surface area contributed by atoms with Gasteiger partial charge in [-0.1, -0.05) is 0 Å². The summed E-state index contributed by atoms with van der Waals surface area (Å²) in [6, 6.07) is 0. The predicted octanol–water partition coefficient (Wildman–Crippen LogP) is 3.01. The number of amides is 1. The Morgan fingerprint density at radius 3 is 2.20 bits per heavy atom. The maximum Gasteiger partial charge on any atom is 0.410 e. The van der Waals surface area contributed by atoms with E-state index in [4.69, 9.17) is 9.47 Å². The lowest BCUT2D eigenvalue weighted by Gasteiger charge is -2.33. The summed E-state index contributed by atoms with van der Waals surface area (Å²) in [5.74, 6) is 0.177. The number of ether oxygens (including phenoxy) is 2. The Morgan fingerprint density at radius 2 is 1.75 bits per heavy atom. The highest BCUT2D eigenvalue weighted by Gasteiger charge is 2.27. The van der Waals surface area contributed by atoms with Gasteiger partial charge in [-0.2, -0.15) is 0 Å². The van der Waals surface area contributed by atoms with Crippen LogP contribution >= 0.6 is 12.4 Å². The van der Waals surface area contributed by atoms with Crippen LogP contribution in [0, 0.1) is 5.92 Å². The number of piperidine rings is 1. The monoisotopic (exact) mass is 307 g/mol. The van der Waals surface area contributed by atoms with Gasteiger partial charge in [0.2, 0.25) is 0 Å². The third-order valence-electron chi connectivity index (χ3n) is 3.03. The molecule has 1 amide bonds. The number of likely N-dealkylation sites (tertiary alicyclic amines) is 1. The molecule has 6 heteroatoms. The van der Waals surface area contributed by atoms with E-state index >= 15 is 0 Å². The zero-order valence-corrected chi connectivity index (χ0v) is 13.6. The fraction of sp³-hybridized carbons (Fsp3) is 0.857. The predicted molar refractivity (Wildman–Crippen MR) is 79.0 cm³/mol. The first-order valence-electron chi connectivity index (χ1n) is 6.95. The number of hydrogen-bond acceptors (Lipinski definition) is 4. The molecule has 0 aromatic rings. The molecule has 1 aliphatic heterocycles.